The van der Waals surface area contributed by atoms with E-state index in [1.54, 1.807) is 29.2 Å². The summed E-state index contributed by atoms with van der Waals surface area (Å²) in [4.78, 5) is 23.2. The van der Waals surface area contributed by atoms with Gasteiger partial charge in [-0.25, -0.2) is 4.52 Å². The molecule has 1 aliphatic carbocycles. The van der Waals surface area contributed by atoms with Crippen molar-refractivity contribution in [2.75, 3.05) is 13.2 Å². The van der Waals surface area contributed by atoms with Crippen molar-refractivity contribution in [2.45, 2.75) is 36.3 Å². The third-order valence-corrected chi connectivity index (χ3v) is 7.75. The van der Waals surface area contributed by atoms with Crippen LogP contribution in [0.5, 0.6) is 5.75 Å². The Hall–Kier alpha value is -3.98. The van der Waals surface area contributed by atoms with Crippen LogP contribution < -0.4 is 10.5 Å². The number of nitrogens with zero attached hydrogens (tertiary/aromatic N) is 5. The molecule has 0 saturated carbocycles. The van der Waals surface area contributed by atoms with Gasteiger partial charge < -0.3 is 25.4 Å². The van der Waals surface area contributed by atoms with Crippen molar-refractivity contribution in [1.82, 2.24) is 24.5 Å². The summed E-state index contributed by atoms with van der Waals surface area (Å²) in [6.07, 6.45) is 5.03. The largest absolute Gasteiger partial charge is 0.434 e. The number of amides is 1. The highest BCUT2D eigenvalue weighted by atomic mass is 19.3. The number of fused-ring (bicyclic) bond motifs is 9. The Balaban J connectivity index is 1.40. The van der Waals surface area contributed by atoms with E-state index in [2.05, 4.69) is 15.1 Å². The predicted octanol–water partition coefficient (Wildman–Crippen LogP) is 1.37. The summed E-state index contributed by atoms with van der Waals surface area (Å²) in [6.45, 7) is -2.42. The molecule has 0 spiro atoms. The van der Waals surface area contributed by atoms with E-state index >= 15 is 0 Å². The Kier molecular flexibility index (Phi) is 5.32. The molecule has 7 rings (SSSR count). The van der Waals surface area contributed by atoms with Gasteiger partial charge in [0.2, 0.25) is 0 Å². The van der Waals surface area contributed by atoms with Crippen molar-refractivity contribution in [1.29, 1.82) is 0 Å². The van der Waals surface area contributed by atoms with Crippen molar-refractivity contribution in [2.24, 2.45) is 5.73 Å². The first-order valence-electron chi connectivity index (χ1n) is 12.4. The van der Waals surface area contributed by atoms with Gasteiger partial charge in [0, 0.05) is 34.4 Å². The summed E-state index contributed by atoms with van der Waals surface area (Å²) in [5, 5.41) is 25.5. The number of aromatic nitrogens is 4. The maximum atomic E-state index is 13.5. The van der Waals surface area contributed by atoms with E-state index in [1.165, 1.54) is 18.2 Å². The average Bonchev–Trinajstić information content (AvgIpc) is 3.39. The number of hydrogen-bond donors (Lipinski definition) is 3. The highest BCUT2D eigenvalue weighted by Gasteiger charge is 2.51. The van der Waals surface area contributed by atoms with Crippen LogP contribution in [-0.2, 0) is 10.3 Å². The van der Waals surface area contributed by atoms with Crippen molar-refractivity contribution >= 4 is 19.3 Å². The van der Waals surface area contributed by atoms with Crippen molar-refractivity contribution < 1.29 is 33.3 Å². The molecule has 2 unspecified atom stereocenters. The molecule has 2 atom stereocenters. The minimum atomic E-state index is -3.14. The number of carbonyl (C=O) groups excluding carboxylic acids is 1. The number of hydrogen-bond acceptors (Lipinski definition) is 9. The molecule has 2 aliphatic heterocycles. The lowest BCUT2D eigenvalue weighted by Crippen LogP contribution is -2.54. The fourth-order valence-corrected chi connectivity index (χ4v) is 5.93. The maximum absolute atomic E-state index is 13.5. The van der Waals surface area contributed by atoms with Gasteiger partial charge in [0.05, 0.1) is 54.2 Å². The van der Waals surface area contributed by atoms with Crippen LogP contribution in [0.4, 0.5) is 8.78 Å². The van der Waals surface area contributed by atoms with E-state index < -0.39 is 35.8 Å². The number of pyridine rings is 1. The SMILES string of the molecule is [B]C(O)(O)N1C(=O)c2cccc(OC(F)F)c2C2CC1c1nn3ccc(-c4cnc(C5(N)COC5)cn4)cc3c12. The fourth-order valence-electron chi connectivity index (χ4n) is 5.93. The first-order valence-corrected chi connectivity index (χ1v) is 12.4. The zero-order chi connectivity index (χ0) is 28.0. The van der Waals surface area contributed by atoms with Crippen LogP contribution in [0.2, 0.25) is 0 Å². The van der Waals surface area contributed by atoms with Crippen LogP contribution in [0.3, 0.4) is 0 Å². The first kappa shape index (κ1) is 25.0. The summed E-state index contributed by atoms with van der Waals surface area (Å²) in [6, 6.07) is 6.80. The van der Waals surface area contributed by atoms with Crippen LogP contribution in [0, 0.1) is 0 Å². The molecule has 2 bridgehead atoms. The summed E-state index contributed by atoms with van der Waals surface area (Å²) >= 11 is 0. The molecule has 2 radical (unpaired) electrons. The van der Waals surface area contributed by atoms with Gasteiger partial charge in [-0.05, 0) is 30.7 Å². The average molecular weight is 546 g/mol. The molecule has 11 nitrogen and oxygen atoms in total. The molecule has 14 heteroatoms. The van der Waals surface area contributed by atoms with Crippen molar-refractivity contribution in [3.63, 3.8) is 0 Å². The zero-order valence-corrected chi connectivity index (χ0v) is 20.7. The standard InChI is InChI=1S/C26H21BF2N6O5/c27-26(37,38)35-17-7-14(20-13(23(35)36)2-1-3-18(20)40-24(28)29)21-16-6-12(4-5-34(16)33-22(17)21)15-8-32-19(9-31-15)25(30)10-39-11-25/h1-6,8-9,14,17,24,37-38H,7,10-11,30H2. The van der Waals surface area contributed by atoms with Crippen LogP contribution in [0.15, 0.2) is 48.9 Å². The number of rotatable bonds is 5. The second-order valence-electron chi connectivity index (χ2n) is 10.2. The number of ether oxygens (including phenoxy) is 2. The molecular weight excluding hydrogens is 525 g/mol. The molecule has 40 heavy (non-hydrogen) atoms. The lowest BCUT2D eigenvalue weighted by Gasteiger charge is -2.37. The maximum Gasteiger partial charge on any atom is 0.387 e. The van der Waals surface area contributed by atoms with Crippen molar-refractivity contribution in [3.05, 3.63) is 77.0 Å². The van der Waals surface area contributed by atoms with Crippen LogP contribution in [0.1, 0.15) is 51.3 Å². The number of alkyl halides is 2. The van der Waals surface area contributed by atoms with Crippen molar-refractivity contribution in [3.8, 4) is 17.0 Å². The van der Waals surface area contributed by atoms with Gasteiger partial charge in [-0.2, -0.15) is 13.9 Å². The first-order chi connectivity index (χ1) is 19.0. The van der Waals surface area contributed by atoms with Gasteiger partial charge in [0.25, 0.3) is 5.91 Å². The second kappa shape index (κ2) is 8.51. The lowest BCUT2D eigenvalue weighted by atomic mass is 9.88. The third kappa shape index (κ3) is 3.64. The molecular formula is C26H21BF2N6O5. The second-order valence-corrected chi connectivity index (χ2v) is 10.2. The Morgan fingerprint density at radius 1 is 1.20 bits per heavy atom. The van der Waals surface area contributed by atoms with Crippen LogP contribution in [0.25, 0.3) is 16.8 Å². The van der Waals surface area contributed by atoms with E-state index in [0.717, 1.165) is 0 Å². The minimum absolute atomic E-state index is 0.0260. The number of carbonyl (C=O) groups is 1. The highest BCUT2D eigenvalue weighted by molar-refractivity contribution is 6.15. The number of nitrogens with two attached hydrogens (primary N) is 1. The van der Waals surface area contributed by atoms with Gasteiger partial charge in [-0.1, -0.05) is 6.07 Å². The Morgan fingerprint density at radius 3 is 2.65 bits per heavy atom. The van der Waals surface area contributed by atoms with E-state index in [9.17, 15) is 23.8 Å². The predicted molar refractivity (Wildman–Crippen MR) is 134 cm³/mol. The van der Waals surface area contributed by atoms with E-state index in [-0.39, 0.29) is 23.3 Å². The molecule has 1 aromatic carbocycles. The highest BCUT2D eigenvalue weighted by Crippen LogP contribution is 2.54. The monoisotopic (exact) mass is 546 g/mol. The van der Waals surface area contributed by atoms with Gasteiger partial charge in [0.1, 0.15) is 11.3 Å². The lowest BCUT2D eigenvalue weighted by molar-refractivity contribution is -0.190. The number of benzene rings is 1. The van der Waals surface area contributed by atoms with Gasteiger partial charge in [-0.15, -0.1) is 0 Å². The van der Waals surface area contributed by atoms with Crippen LogP contribution in [-0.4, -0.2) is 74.1 Å². The van der Waals surface area contributed by atoms with Crippen LogP contribution >= 0.6 is 0 Å². The molecule has 4 aromatic rings. The third-order valence-electron chi connectivity index (χ3n) is 7.75. The fraction of sp³-hybridized carbons (Fsp3) is 0.308. The smallest absolute Gasteiger partial charge is 0.387 e. The Labute approximate surface area is 226 Å². The minimum Gasteiger partial charge on any atom is -0.434 e. The summed E-state index contributed by atoms with van der Waals surface area (Å²) in [7, 11) is 5.64. The molecule has 1 saturated heterocycles. The quantitative estimate of drug-likeness (QED) is 0.249. The van der Waals surface area contributed by atoms with E-state index in [4.69, 9.17) is 23.1 Å². The van der Waals surface area contributed by atoms with E-state index in [0.29, 0.717) is 51.8 Å². The summed E-state index contributed by atoms with van der Waals surface area (Å²) in [5.74, 6) is -4.72. The number of aliphatic hydroxyl groups is 2. The zero-order valence-electron chi connectivity index (χ0n) is 20.7. The molecule has 3 aliphatic rings. The van der Waals surface area contributed by atoms with Gasteiger partial charge in [-0.3, -0.25) is 19.7 Å². The Bertz CT molecular complexity index is 1670. The molecule has 1 amide bonds. The van der Waals surface area contributed by atoms with Gasteiger partial charge >= 0.3 is 6.61 Å². The topological polar surface area (TPSA) is 148 Å². The molecule has 5 heterocycles. The number of halogens is 2. The summed E-state index contributed by atoms with van der Waals surface area (Å²) < 4.78 is 38.4. The van der Waals surface area contributed by atoms with Gasteiger partial charge in [0.15, 0.2) is 13.7 Å². The molecule has 202 valence electrons. The molecule has 4 N–H and O–H groups in total. The van der Waals surface area contributed by atoms with E-state index in [1.807, 2.05) is 6.07 Å². The Morgan fingerprint density at radius 2 is 2.00 bits per heavy atom. The summed E-state index contributed by atoms with van der Waals surface area (Å²) in [5.41, 5.74) is 9.25. The molecule has 1 fully saturated rings. The molecule has 3 aromatic heterocycles. The normalized spacial score (nSPS) is 21.2.